The first-order valence-corrected chi connectivity index (χ1v) is 6.62. The number of likely N-dealkylation sites (tertiary alicyclic amines) is 1. The zero-order chi connectivity index (χ0) is 14.7. The van der Waals surface area contributed by atoms with Crippen molar-refractivity contribution in [3.63, 3.8) is 0 Å². The Kier molecular flexibility index (Phi) is 5.99. The molecule has 6 nitrogen and oxygen atoms in total. The van der Waals surface area contributed by atoms with E-state index in [-0.39, 0.29) is 24.1 Å². The predicted molar refractivity (Wildman–Crippen MR) is 81.0 cm³/mol. The first-order chi connectivity index (χ1) is 9.49. The molecule has 1 aromatic rings. The zero-order valence-corrected chi connectivity index (χ0v) is 12.4. The average Bonchev–Trinajstić information content (AvgIpc) is 2.90. The van der Waals surface area contributed by atoms with Crippen molar-refractivity contribution in [1.82, 2.24) is 4.90 Å². The highest BCUT2D eigenvalue weighted by Crippen LogP contribution is 2.19. The van der Waals surface area contributed by atoms with E-state index < -0.39 is 18.0 Å². The van der Waals surface area contributed by atoms with Crippen LogP contribution in [0.1, 0.15) is 18.4 Å². The largest absolute Gasteiger partial charge is 0.508 e. The lowest BCUT2D eigenvalue weighted by Crippen LogP contribution is -2.50. The van der Waals surface area contributed by atoms with Crippen molar-refractivity contribution in [2.24, 2.45) is 11.5 Å². The molecular weight excluding hydrogens is 294 g/mol. The second-order valence-corrected chi connectivity index (χ2v) is 5.07. The van der Waals surface area contributed by atoms with Gasteiger partial charge in [0.05, 0.1) is 6.04 Å². The van der Waals surface area contributed by atoms with Crippen molar-refractivity contribution >= 4 is 24.2 Å². The van der Waals surface area contributed by atoms with Crippen LogP contribution in [0.3, 0.4) is 0 Å². The van der Waals surface area contributed by atoms with Gasteiger partial charge in [-0.05, 0) is 37.0 Å². The number of benzene rings is 1. The number of hydrogen-bond acceptors (Lipinski definition) is 4. The fourth-order valence-electron chi connectivity index (χ4n) is 2.51. The van der Waals surface area contributed by atoms with Crippen LogP contribution < -0.4 is 11.5 Å². The summed E-state index contributed by atoms with van der Waals surface area (Å²) in [5.41, 5.74) is 12.1. The maximum atomic E-state index is 12.3. The van der Waals surface area contributed by atoms with E-state index >= 15 is 0 Å². The van der Waals surface area contributed by atoms with E-state index in [0.717, 1.165) is 12.0 Å². The van der Waals surface area contributed by atoms with Gasteiger partial charge in [0.1, 0.15) is 11.8 Å². The summed E-state index contributed by atoms with van der Waals surface area (Å²) in [6.07, 6.45) is 1.74. The van der Waals surface area contributed by atoms with Crippen molar-refractivity contribution in [3.05, 3.63) is 29.8 Å². The Bertz CT molecular complexity index is 507. The topological polar surface area (TPSA) is 110 Å². The minimum atomic E-state index is -0.709. The minimum absolute atomic E-state index is 0. The molecule has 0 spiro atoms. The number of amides is 2. The first kappa shape index (κ1) is 17.3. The van der Waals surface area contributed by atoms with Crippen molar-refractivity contribution in [1.29, 1.82) is 0 Å². The number of rotatable bonds is 4. The quantitative estimate of drug-likeness (QED) is 0.735. The summed E-state index contributed by atoms with van der Waals surface area (Å²) in [7, 11) is 0. The highest BCUT2D eigenvalue weighted by atomic mass is 35.5. The Balaban J connectivity index is 0.00000220. The molecule has 0 saturated carbocycles. The van der Waals surface area contributed by atoms with Crippen molar-refractivity contribution in [3.8, 4) is 5.75 Å². The second-order valence-electron chi connectivity index (χ2n) is 5.07. The average molecular weight is 314 g/mol. The number of phenols is 1. The molecule has 0 unspecified atom stereocenters. The lowest BCUT2D eigenvalue weighted by Gasteiger charge is -2.25. The maximum absolute atomic E-state index is 12.3. The number of aromatic hydroxyl groups is 1. The van der Waals surface area contributed by atoms with E-state index in [0.29, 0.717) is 19.4 Å². The summed E-state index contributed by atoms with van der Waals surface area (Å²) in [4.78, 5) is 25.0. The summed E-state index contributed by atoms with van der Waals surface area (Å²) in [5, 5.41) is 9.21. The second kappa shape index (κ2) is 7.28. The molecule has 0 radical (unpaired) electrons. The van der Waals surface area contributed by atoms with Gasteiger partial charge in [0, 0.05) is 6.54 Å². The normalized spacial score (nSPS) is 18.9. The van der Waals surface area contributed by atoms with E-state index in [1.54, 1.807) is 24.3 Å². The Morgan fingerprint density at radius 2 is 1.95 bits per heavy atom. The number of nitrogens with two attached hydrogens (primary N) is 2. The molecule has 1 aromatic carbocycles. The number of carbonyl (C=O) groups excluding carboxylic acids is 2. The first-order valence-electron chi connectivity index (χ1n) is 6.62. The van der Waals surface area contributed by atoms with Crippen LogP contribution in [0.5, 0.6) is 5.75 Å². The van der Waals surface area contributed by atoms with Crippen molar-refractivity contribution < 1.29 is 14.7 Å². The molecule has 2 atom stereocenters. The molecule has 2 amide bonds. The standard InChI is InChI=1S/C14H19N3O3.ClH/c15-11(8-9-3-5-10(18)6-4-9)14(20)17-7-1-2-12(17)13(16)19;/h3-6,11-12,18H,1-2,7-8,15H2,(H2,16,19);1H/t11-,12-;/m0./s1. The lowest BCUT2D eigenvalue weighted by molar-refractivity contribution is -0.138. The molecule has 1 heterocycles. The number of hydrogen-bond donors (Lipinski definition) is 3. The molecule has 5 N–H and O–H groups in total. The van der Waals surface area contributed by atoms with Gasteiger partial charge in [-0.15, -0.1) is 12.4 Å². The zero-order valence-electron chi connectivity index (χ0n) is 11.6. The minimum Gasteiger partial charge on any atom is -0.508 e. The number of carbonyl (C=O) groups is 2. The van der Waals surface area contributed by atoms with Crippen molar-refractivity contribution in [2.75, 3.05) is 6.54 Å². The molecule has 0 aliphatic carbocycles. The Labute approximate surface area is 129 Å². The van der Waals surface area contributed by atoms with Gasteiger partial charge in [-0.3, -0.25) is 9.59 Å². The monoisotopic (exact) mass is 313 g/mol. The van der Waals surface area contributed by atoms with E-state index in [1.165, 1.54) is 4.90 Å². The van der Waals surface area contributed by atoms with E-state index in [9.17, 15) is 14.7 Å². The van der Waals surface area contributed by atoms with Gasteiger partial charge in [0.25, 0.3) is 0 Å². The van der Waals surface area contributed by atoms with Crippen LogP contribution in [-0.4, -0.2) is 40.4 Å². The predicted octanol–water partition coefficient (Wildman–Crippen LogP) is 0.160. The van der Waals surface area contributed by atoms with Gasteiger partial charge < -0.3 is 21.5 Å². The number of phenolic OH excluding ortho intramolecular Hbond substituents is 1. The van der Waals surface area contributed by atoms with E-state index in [4.69, 9.17) is 11.5 Å². The van der Waals surface area contributed by atoms with Crippen LogP contribution in [0.15, 0.2) is 24.3 Å². The summed E-state index contributed by atoms with van der Waals surface area (Å²) >= 11 is 0. The lowest BCUT2D eigenvalue weighted by atomic mass is 10.0. The van der Waals surface area contributed by atoms with Crippen LogP contribution in [-0.2, 0) is 16.0 Å². The summed E-state index contributed by atoms with van der Waals surface area (Å²) in [6.45, 7) is 0.524. The SMILES string of the molecule is Cl.NC(=O)[C@@H]1CCCN1C(=O)[C@@H](N)Cc1ccc(O)cc1. The van der Waals surface area contributed by atoms with Gasteiger partial charge in [0.2, 0.25) is 11.8 Å². The molecular formula is C14H20ClN3O3. The molecule has 1 aliphatic rings. The molecule has 0 aromatic heterocycles. The molecule has 1 aliphatic heterocycles. The molecule has 1 saturated heterocycles. The molecule has 2 rings (SSSR count). The van der Waals surface area contributed by atoms with Gasteiger partial charge in [-0.2, -0.15) is 0 Å². The number of primary amides is 1. The molecule has 7 heteroatoms. The highest BCUT2D eigenvalue weighted by molar-refractivity contribution is 5.89. The van der Waals surface area contributed by atoms with Crippen LogP contribution in [0.4, 0.5) is 0 Å². The Morgan fingerprint density at radius 1 is 1.33 bits per heavy atom. The summed E-state index contributed by atoms with van der Waals surface area (Å²) < 4.78 is 0. The third kappa shape index (κ3) is 4.09. The Morgan fingerprint density at radius 3 is 2.52 bits per heavy atom. The van der Waals surface area contributed by atoms with Crippen LogP contribution >= 0.6 is 12.4 Å². The van der Waals surface area contributed by atoms with Crippen LogP contribution in [0.25, 0.3) is 0 Å². The summed E-state index contributed by atoms with van der Waals surface area (Å²) in [5.74, 6) is -0.561. The molecule has 1 fully saturated rings. The number of nitrogens with zero attached hydrogens (tertiary/aromatic N) is 1. The third-order valence-electron chi connectivity index (χ3n) is 3.57. The van der Waals surface area contributed by atoms with Crippen LogP contribution in [0.2, 0.25) is 0 Å². The van der Waals surface area contributed by atoms with Gasteiger partial charge >= 0.3 is 0 Å². The Hall–Kier alpha value is -1.79. The molecule has 21 heavy (non-hydrogen) atoms. The number of halogens is 1. The van der Waals surface area contributed by atoms with Gasteiger partial charge in [-0.1, -0.05) is 12.1 Å². The highest BCUT2D eigenvalue weighted by Gasteiger charge is 2.34. The molecule has 0 bridgehead atoms. The smallest absolute Gasteiger partial charge is 0.240 e. The van der Waals surface area contributed by atoms with Gasteiger partial charge in [-0.25, -0.2) is 0 Å². The fraction of sp³-hybridized carbons (Fsp3) is 0.429. The van der Waals surface area contributed by atoms with E-state index in [2.05, 4.69) is 0 Å². The van der Waals surface area contributed by atoms with Gasteiger partial charge in [0.15, 0.2) is 0 Å². The fourth-order valence-corrected chi connectivity index (χ4v) is 2.51. The molecule has 116 valence electrons. The van der Waals surface area contributed by atoms with Crippen LogP contribution in [0, 0.1) is 0 Å². The maximum Gasteiger partial charge on any atom is 0.240 e. The van der Waals surface area contributed by atoms with Crippen molar-refractivity contribution in [2.45, 2.75) is 31.3 Å². The third-order valence-corrected chi connectivity index (χ3v) is 3.57. The summed E-state index contributed by atoms with van der Waals surface area (Å²) in [6, 6.07) is 5.30. The van der Waals surface area contributed by atoms with E-state index in [1.807, 2.05) is 0 Å².